The van der Waals surface area contributed by atoms with Crippen LogP contribution in [0, 0.1) is 0 Å². The summed E-state index contributed by atoms with van der Waals surface area (Å²) in [5, 5.41) is 2.64. The molecule has 2 atom stereocenters. The Balaban J connectivity index is 1.78. The van der Waals surface area contributed by atoms with Crippen molar-refractivity contribution in [3.63, 3.8) is 0 Å². The normalized spacial score (nSPS) is 26.7. The fourth-order valence-corrected chi connectivity index (χ4v) is 2.27. The van der Waals surface area contributed by atoms with Crippen molar-refractivity contribution < 1.29 is 14.3 Å². The first-order chi connectivity index (χ1) is 8.24. The molecule has 0 unspecified atom stereocenters. The van der Waals surface area contributed by atoms with E-state index in [9.17, 15) is 9.59 Å². The molecule has 88 valence electrons. The number of benzene rings is 1. The molecule has 2 aliphatic rings. The van der Waals surface area contributed by atoms with Crippen molar-refractivity contribution in [3.8, 4) is 0 Å². The zero-order valence-electron chi connectivity index (χ0n) is 9.13. The van der Waals surface area contributed by atoms with Gasteiger partial charge in [-0.25, -0.2) is 4.79 Å². The van der Waals surface area contributed by atoms with Crippen molar-refractivity contribution in [3.05, 3.63) is 35.9 Å². The zero-order valence-corrected chi connectivity index (χ0v) is 9.13. The quantitative estimate of drug-likeness (QED) is 0.822. The number of ether oxygens (including phenoxy) is 1. The maximum absolute atomic E-state index is 11.7. The van der Waals surface area contributed by atoms with Gasteiger partial charge in [0, 0.05) is 6.54 Å². The Morgan fingerprint density at radius 2 is 2.06 bits per heavy atom. The molecule has 2 heterocycles. The summed E-state index contributed by atoms with van der Waals surface area (Å²) in [6.07, 6.45) is -0.508. The Kier molecular flexibility index (Phi) is 2.24. The Hall–Kier alpha value is -2.04. The maximum Gasteiger partial charge on any atom is 0.412 e. The molecule has 0 bridgehead atoms. The minimum Gasteiger partial charge on any atom is -0.423 e. The van der Waals surface area contributed by atoms with Crippen LogP contribution in [-0.2, 0) is 16.1 Å². The lowest BCUT2D eigenvalue weighted by molar-refractivity contribution is -0.120. The van der Waals surface area contributed by atoms with Crippen LogP contribution in [0.5, 0.6) is 0 Å². The summed E-state index contributed by atoms with van der Waals surface area (Å²) in [5.74, 6) is -0.0643. The molecule has 5 nitrogen and oxygen atoms in total. The molecule has 1 aromatic rings. The predicted molar refractivity (Wildman–Crippen MR) is 58.8 cm³/mol. The SMILES string of the molecule is O=C1C[C@H]2[C@@H](N1)OC(=O)N2Cc1ccccc1. The molecular formula is C12H12N2O3. The van der Waals surface area contributed by atoms with Crippen LogP contribution in [0.2, 0.25) is 0 Å². The number of carbonyl (C=O) groups excluding carboxylic acids is 2. The summed E-state index contributed by atoms with van der Waals surface area (Å²) < 4.78 is 5.10. The van der Waals surface area contributed by atoms with Gasteiger partial charge in [0.15, 0.2) is 6.23 Å². The monoisotopic (exact) mass is 232 g/mol. The Morgan fingerprint density at radius 3 is 2.82 bits per heavy atom. The van der Waals surface area contributed by atoms with Gasteiger partial charge >= 0.3 is 6.09 Å². The summed E-state index contributed by atoms with van der Waals surface area (Å²) in [6.45, 7) is 0.482. The van der Waals surface area contributed by atoms with Gasteiger partial charge in [-0.05, 0) is 5.56 Å². The fraction of sp³-hybridized carbons (Fsp3) is 0.333. The van der Waals surface area contributed by atoms with Gasteiger partial charge < -0.3 is 10.1 Å². The molecule has 0 spiro atoms. The van der Waals surface area contributed by atoms with Crippen molar-refractivity contribution in [2.45, 2.75) is 25.2 Å². The van der Waals surface area contributed by atoms with Crippen LogP contribution in [0.4, 0.5) is 4.79 Å². The standard InChI is InChI=1S/C12H12N2O3/c15-10-6-9-11(13-10)17-12(16)14(9)7-8-4-2-1-3-5-8/h1-5,9,11H,6-7H2,(H,13,15)/t9-,11-/m0/s1. The lowest BCUT2D eigenvalue weighted by Gasteiger charge is -2.18. The van der Waals surface area contributed by atoms with Crippen LogP contribution < -0.4 is 5.32 Å². The second kappa shape index (κ2) is 3.76. The molecule has 1 N–H and O–H groups in total. The number of amides is 2. The van der Waals surface area contributed by atoms with Gasteiger partial charge in [-0.2, -0.15) is 0 Å². The molecule has 2 fully saturated rings. The molecule has 2 aliphatic heterocycles. The van der Waals surface area contributed by atoms with Crippen LogP contribution in [-0.4, -0.2) is 29.2 Å². The minimum absolute atomic E-state index is 0.0643. The number of carbonyl (C=O) groups is 2. The Bertz CT molecular complexity index is 460. The van der Waals surface area contributed by atoms with Crippen molar-refractivity contribution in [1.29, 1.82) is 0 Å². The van der Waals surface area contributed by atoms with Gasteiger partial charge in [-0.3, -0.25) is 9.69 Å². The highest BCUT2D eigenvalue weighted by molar-refractivity contribution is 5.83. The van der Waals surface area contributed by atoms with Gasteiger partial charge in [0.1, 0.15) is 6.04 Å². The van der Waals surface area contributed by atoms with Gasteiger partial charge in [0.05, 0.1) is 6.42 Å². The van der Waals surface area contributed by atoms with Crippen molar-refractivity contribution in [1.82, 2.24) is 10.2 Å². The summed E-state index contributed by atoms with van der Waals surface area (Å²) in [7, 11) is 0. The van der Waals surface area contributed by atoms with Crippen LogP contribution in [0.25, 0.3) is 0 Å². The van der Waals surface area contributed by atoms with Crippen LogP contribution in [0.1, 0.15) is 12.0 Å². The van der Waals surface area contributed by atoms with E-state index in [2.05, 4.69) is 5.32 Å². The first-order valence-electron chi connectivity index (χ1n) is 5.54. The van der Waals surface area contributed by atoms with Crippen LogP contribution in [0.15, 0.2) is 30.3 Å². The van der Waals surface area contributed by atoms with Crippen LogP contribution >= 0.6 is 0 Å². The minimum atomic E-state index is -0.473. The third kappa shape index (κ3) is 1.73. The molecule has 0 saturated carbocycles. The van der Waals surface area contributed by atoms with E-state index in [4.69, 9.17) is 4.74 Å². The fourth-order valence-electron chi connectivity index (χ4n) is 2.27. The van der Waals surface area contributed by atoms with E-state index >= 15 is 0 Å². The van der Waals surface area contributed by atoms with Gasteiger partial charge in [0.25, 0.3) is 0 Å². The van der Waals surface area contributed by atoms with Crippen molar-refractivity contribution in [2.75, 3.05) is 0 Å². The van der Waals surface area contributed by atoms with Crippen LogP contribution in [0.3, 0.4) is 0 Å². The first-order valence-corrected chi connectivity index (χ1v) is 5.54. The lowest BCUT2D eigenvalue weighted by Crippen LogP contribution is -2.35. The molecule has 17 heavy (non-hydrogen) atoms. The van der Waals surface area contributed by atoms with E-state index in [1.54, 1.807) is 4.90 Å². The maximum atomic E-state index is 11.7. The third-order valence-electron chi connectivity index (χ3n) is 3.11. The number of rotatable bonds is 2. The summed E-state index contributed by atoms with van der Waals surface area (Å²) >= 11 is 0. The molecule has 3 rings (SSSR count). The van der Waals surface area contributed by atoms with E-state index < -0.39 is 6.23 Å². The molecule has 5 heteroatoms. The number of hydrogen-bond acceptors (Lipinski definition) is 3. The van der Waals surface area contributed by atoms with Crippen molar-refractivity contribution in [2.24, 2.45) is 0 Å². The zero-order chi connectivity index (χ0) is 11.8. The lowest BCUT2D eigenvalue weighted by atomic mass is 10.1. The summed E-state index contributed by atoms with van der Waals surface area (Å²) in [5.41, 5.74) is 1.03. The number of nitrogens with one attached hydrogen (secondary N) is 1. The second-order valence-electron chi connectivity index (χ2n) is 4.26. The number of nitrogens with zero attached hydrogens (tertiary/aromatic N) is 1. The Morgan fingerprint density at radius 1 is 1.29 bits per heavy atom. The molecule has 2 saturated heterocycles. The molecule has 0 aromatic heterocycles. The van der Waals surface area contributed by atoms with E-state index in [0.29, 0.717) is 13.0 Å². The summed E-state index contributed by atoms with van der Waals surface area (Å²) in [4.78, 5) is 24.5. The average molecular weight is 232 g/mol. The first kappa shape index (κ1) is 10.1. The molecule has 2 amide bonds. The number of hydrogen-bond donors (Lipinski definition) is 1. The molecule has 0 aliphatic carbocycles. The largest absolute Gasteiger partial charge is 0.423 e. The van der Waals surface area contributed by atoms with E-state index in [-0.39, 0.29) is 18.0 Å². The predicted octanol–water partition coefficient (Wildman–Crippen LogP) is 0.853. The van der Waals surface area contributed by atoms with Gasteiger partial charge in [-0.15, -0.1) is 0 Å². The molecular weight excluding hydrogens is 220 g/mol. The molecule has 1 aromatic carbocycles. The van der Waals surface area contributed by atoms with Gasteiger partial charge in [0.2, 0.25) is 5.91 Å². The average Bonchev–Trinajstić information content (AvgIpc) is 2.79. The highest BCUT2D eigenvalue weighted by Gasteiger charge is 2.47. The van der Waals surface area contributed by atoms with E-state index in [0.717, 1.165) is 5.56 Å². The Labute approximate surface area is 98.4 Å². The summed E-state index contributed by atoms with van der Waals surface area (Å²) in [6, 6.07) is 9.50. The highest BCUT2D eigenvalue weighted by Crippen LogP contribution is 2.26. The third-order valence-corrected chi connectivity index (χ3v) is 3.11. The topological polar surface area (TPSA) is 58.6 Å². The smallest absolute Gasteiger partial charge is 0.412 e. The molecule has 0 radical (unpaired) electrons. The highest BCUT2D eigenvalue weighted by atomic mass is 16.6. The van der Waals surface area contributed by atoms with E-state index in [1.165, 1.54) is 0 Å². The van der Waals surface area contributed by atoms with Gasteiger partial charge in [-0.1, -0.05) is 30.3 Å². The number of fused-ring (bicyclic) bond motifs is 1. The van der Waals surface area contributed by atoms with Crippen molar-refractivity contribution >= 4 is 12.0 Å². The second-order valence-corrected chi connectivity index (χ2v) is 4.26. The van der Waals surface area contributed by atoms with E-state index in [1.807, 2.05) is 30.3 Å².